The van der Waals surface area contributed by atoms with Crippen LogP contribution < -0.4 is 10.5 Å². The van der Waals surface area contributed by atoms with Gasteiger partial charge in [-0.05, 0) is 43.5 Å². The minimum Gasteiger partial charge on any atom is -0.494 e. The van der Waals surface area contributed by atoms with E-state index in [-0.39, 0.29) is 6.04 Å². The van der Waals surface area contributed by atoms with Crippen LogP contribution in [-0.2, 0) is 0 Å². The van der Waals surface area contributed by atoms with Crippen LogP contribution in [0.5, 0.6) is 5.75 Å². The summed E-state index contributed by atoms with van der Waals surface area (Å²) in [7, 11) is 0. The molecule has 0 saturated carbocycles. The van der Waals surface area contributed by atoms with Crippen molar-refractivity contribution in [3.05, 3.63) is 29.3 Å². The maximum absolute atomic E-state index is 6.09. The largest absolute Gasteiger partial charge is 0.494 e. The van der Waals surface area contributed by atoms with Crippen LogP contribution in [0, 0.1) is 6.92 Å². The van der Waals surface area contributed by atoms with Gasteiger partial charge in [0.2, 0.25) is 0 Å². The van der Waals surface area contributed by atoms with Gasteiger partial charge in [-0.15, -0.1) is 0 Å². The first-order valence-corrected chi connectivity index (χ1v) is 5.68. The molecular weight excluding hydrogens is 186 g/mol. The molecule has 1 unspecified atom stereocenters. The molecule has 0 aliphatic carbocycles. The predicted octanol–water partition coefficient (Wildman–Crippen LogP) is 3.19. The van der Waals surface area contributed by atoms with Crippen LogP contribution >= 0.6 is 0 Å². The number of aryl methyl sites for hydroxylation is 1. The van der Waals surface area contributed by atoms with E-state index < -0.39 is 0 Å². The van der Waals surface area contributed by atoms with Crippen molar-refractivity contribution in [1.82, 2.24) is 0 Å². The average Bonchev–Trinajstić information content (AvgIpc) is 2.18. The Morgan fingerprint density at radius 1 is 1.33 bits per heavy atom. The van der Waals surface area contributed by atoms with Crippen LogP contribution in [0.2, 0.25) is 0 Å². The SMILES string of the molecule is CCCC(N)c1ccc(OCC)cc1C. The summed E-state index contributed by atoms with van der Waals surface area (Å²) in [6.45, 7) is 6.95. The third-order valence-corrected chi connectivity index (χ3v) is 2.55. The lowest BCUT2D eigenvalue weighted by Gasteiger charge is -2.15. The van der Waals surface area contributed by atoms with Gasteiger partial charge in [0.05, 0.1) is 6.61 Å². The molecule has 0 radical (unpaired) electrons. The lowest BCUT2D eigenvalue weighted by molar-refractivity contribution is 0.340. The standard InChI is InChI=1S/C13H21NO/c1-4-6-13(14)12-8-7-11(15-5-2)9-10(12)3/h7-9,13H,4-6,14H2,1-3H3. The van der Waals surface area contributed by atoms with Crippen molar-refractivity contribution in [2.24, 2.45) is 5.73 Å². The maximum Gasteiger partial charge on any atom is 0.119 e. The van der Waals surface area contributed by atoms with Crippen molar-refractivity contribution < 1.29 is 4.74 Å². The Morgan fingerprint density at radius 2 is 2.07 bits per heavy atom. The molecule has 0 bridgehead atoms. The predicted molar refractivity (Wildman–Crippen MR) is 64.2 cm³/mol. The minimum atomic E-state index is 0.158. The van der Waals surface area contributed by atoms with E-state index in [1.54, 1.807) is 0 Å². The normalized spacial score (nSPS) is 12.5. The number of benzene rings is 1. The van der Waals surface area contributed by atoms with Crippen LogP contribution in [0.3, 0.4) is 0 Å². The quantitative estimate of drug-likeness (QED) is 0.804. The van der Waals surface area contributed by atoms with Crippen molar-refractivity contribution >= 4 is 0 Å². The van der Waals surface area contributed by atoms with E-state index in [2.05, 4.69) is 26.0 Å². The Labute approximate surface area is 92.4 Å². The molecule has 84 valence electrons. The summed E-state index contributed by atoms with van der Waals surface area (Å²) in [6.07, 6.45) is 2.16. The summed E-state index contributed by atoms with van der Waals surface area (Å²) in [4.78, 5) is 0. The Morgan fingerprint density at radius 3 is 2.60 bits per heavy atom. The van der Waals surface area contributed by atoms with Crippen LogP contribution in [-0.4, -0.2) is 6.61 Å². The van der Waals surface area contributed by atoms with Crippen molar-refractivity contribution in [2.45, 2.75) is 39.7 Å². The number of ether oxygens (including phenoxy) is 1. The molecule has 0 amide bonds. The highest BCUT2D eigenvalue weighted by atomic mass is 16.5. The van der Waals surface area contributed by atoms with E-state index in [0.29, 0.717) is 6.61 Å². The highest BCUT2D eigenvalue weighted by molar-refractivity contribution is 5.36. The first-order chi connectivity index (χ1) is 7.19. The van der Waals surface area contributed by atoms with Crippen molar-refractivity contribution in [3.8, 4) is 5.75 Å². The molecule has 0 saturated heterocycles. The van der Waals surface area contributed by atoms with E-state index >= 15 is 0 Å². The molecule has 2 heteroatoms. The fourth-order valence-electron chi connectivity index (χ4n) is 1.79. The van der Waals surface area contributed by atoms with Gasteiger partial charge in [-0.3, -0.25) is 0 Å². The number of rotatable bonds is 5. The van der Waals surface area contributed by atoms with Gasteiger partial charge in [0.1, 0.15) is 5.75 Å². The molecule has 1 aromatic rings. The Bertz CT molecular complexity index is 309. The van der Waals surface area contributed by atoms with Gasteiger partial charge in [0, 0.05) is 6.04 Å². The summed E-state index contributed by atoms with van der Waals surface area (Å²) < 4.78 is 5.44. The average molecular weight is 207 g/mol. The molecule has 1 rings (SSSR count). The van der Waals surface area contributed by atoms with E-state index in [0.717, 1.165) is 18.6 Å². The molecule has 1 aromatic carbocycles. The van der Waals surface area contributed by atoms with Gasteiger partial charge in [-0.1, -0.05) is 19.4 Å². The fourth-order valence-corrected chi connectivity index (χ4v) is 1.79. The Hall–Kier alpha value is -1.02. The van der Waals surface area contributed by atoms with Crippen LogP contribution in [0.25, 0.3) is 0 Å². The van der Waals surface area contributed by atoms with Crippen molar-refractivity contribution in [3.63, 3.8) is 0 Å². The third kappa shape index (κ3) is 3.24. The van der Waals surface area contributed by atoms with Gasteiger partial charge in [0.25, 0.3) is 0 Å². The zero-order valence-electron chi connectivity index (χ0n) is 9.92. The van der Waals surface area contributed by atoms with E-state index in [4.69, 9.17) is 10.5 Å². The molecule has 1 atom stereocenters. The smallest absolute Gasteiger partial charge is 0.119 e. The summed E-state index contributed by atoms with van der Waals surface area (Å²) in [6, 6.07) is 6.31. The summed E-state index contributed by atoms with van der Waals surface area (Å²) in [5.41, 5.74) is 8.55. The fraction of sp³-hybridized carbons (Fsp3) is 0.538. The van der Waals surface area contributed by atoms with Crippen LogP contribution in [0.15, 0.2) is 18.2 Å². The second-order valence-corrected chi connectivity index (χ2v) is 3.85. The number of nitrogens with two attached hydrogens (primary N) is 1. The summed E-state index contributed by atoms with van der Waals surface area (Å²) >= 11 is 0. The van der Waals surface area contributed by atoms with Gasteiger partial charge < -0.3 is 10.5 Å². The van der Waals surface area contributed by atoms with Gasteiger partial charge in [-0.25, -0.2) is 0 Å². The molecule has 15 heavy (non-hydrogen) atoms. The topological polar surface area (TPSA) is 35.2 Å². The highest BCUT2D eigenvalue weighted by Crippen LogP contribution is 2.23. The summed E-state index contributed by atoms with van der Waals surface area (Å²) in [5, 5.41) is 0. The zero-order chi connectivity index (χ0) is 11.3. The second kappa shape index (κ2) is 5.76. The molecule has 0 aliphatic rings. The first-order valence-electron chi connectivity index (χ1n) is 5.68. The molecule has 0 heterocycles. The third-order valence-electron chi connectivity index (χ3n) is 2.55. The maximum atomic E-state index is 6.09. The Kier molecular flexibility index (Phi) is 4.63. The van der Waals surface area contributed by atoms with Crippen molar-refractivity contribution in [2.75, 3.05) is 6.61 Å². The van der Waals surface area contributed by atoms with Gasteiger partial charge >= 0.3 is 0 Å². The molecular formula is C13H21NO. The minimum absolute atomic E-state index is 0.158. The molecule has 2 N–H and O–H groups in total. The molecule has 2 nitrogen and oxygen atoms in total. The first kappa shape index (κ1) is 12.1. The molecule has 0 spiro atoms. The van der Waals surface area contributed by atoms with Crippen LogP contribution in [0.4, 0.5) is 0 Å². The second-order valence-electron chi connectivity index (χ2n) is 3.85. The van der Waals surface area contributed by atoms with E-state index in [1.807, 2.05) is 13.0 Å². The Balaban J connectivity index is 2.82. The van der Waals surface area contributed by atoms with E-state index in [1.165, 1.54) is 11.1 Å². The lowest BCUT2D eigenvalue weighted by atomic mass is 9.98. The lowest BCUT2D eigenvalue weighted by Crippen LogP contribution is -2.11. The van der Waals surface area contributed by atoms with Crippen molar-refractivity contribution in [1.29, 1.82) is 0 Å². The summed E-state index contributed by atoms with van der Waals surface area (Å²) in [5.74, 6) is 0.933. The molecule has 0 aliphatic heterocycles. The van der Waals surface area contributed by atoms with E-state index in [9.17, 15) is 0 Å². The number of hydrogen-bond donors (Lipinski definition) is 1. The van der Waals surface area contributed by atoms with Gasteiger partial charge in [-0.2, -0.15) is 0 Å². The monoisotopic (exact) mass is 207 g/mol. The number of hydrogen-bond acceptors (Lipinski definition) is 2. The zero-order valence-corrected chi connectivity index (χ0v) is 9.92. The van der Waals surface area contributed by atoms with Gasteiger partial charge in [0.15, 0.2) is 0 Å². The van der Waals surface area contributed by atoms with Crippen LogP contribution in [0.1, 0.15) is 43.9 Å². The highest BCUT2D eigenvalue weighted by Gasteiger charge is 2.08. The molecule has 0 fully saturated rings. The molecule has 0 aromatic heterocycles.